The first-order valence-electron chi connectivity index (χ1n) is 10.7. The Kier molecular flexibility index (Phi) is 6.75. The van der Waals surface area contributed by atoms with Crippen LogP contribution in [0.25, 0.3) is 0 Å². The highest BCUT2D eigenvalue weighted by Gasteiger charge is 2.27. The van der Waals surface area contributed by atoms with Crippen LogP contribution in [0.4, 0.5) is 11.4 Å². The van der Waals surface area contributed by atoms with E-state index >= 15 is 0 Å². The Morgan fingerprint density at radius 3 is 2.06 bits per heavy atom. The molecule has 6 nitrogen and oxygen atoms in total. The lowest BCUT2D eigenvalue weighted by Crippen LogP contribution is -2.41. The fourth-order valence-corrected chi connectivity index (χ4v) is 4.07. The summed E-state index contributed by atoms with van der Waals surface area (Å²) < 4.78 is 5.28. The van der Waals surface area contributed by atoms with Crippen LogP contribution < -0.4 is 10.2 Å². The number of halogens is 1. The molecule has 0 spiro atoms. The number of carbonyl (C=O) groups is 3. The van der Waals surface area contributed by atoms with Crippen molar-refractivity contribution in [3.8, 4) is 0 Å². The van der Waals surface area contributed by atoms with Crippen LogP contribution in [-0.2, 0) is 27.2 Å². The number of esters is 1. The number of hydrogen-bond donors (Lipinski definition) is 1. The van der Waals surface area contributed by atoms with E-state index in [2.05, 4.69) is 5.32 Å². The van der Waals surface area contributed by atoms with E-state index in [0.29, 0.717) is 0 Å². The van der Waals surface area contributed by atoms with Crippen molar-refractivity contribution in [3.63, 3.8) is 0 Å². The van der Waals surface area contributed by atoms with Gasteiger partial charge in [-0.05, 0) is 55.2 Å². The van der Waals surface area contributed by atoms with Crippen LogP contribution >= 0.6 is 11.6 Å². The van der Waals surface area contributed by atoms with Gasteiger partial charge in [-0.25, -0.2) is 4.79 Å². The number of hydrogen-bond acceptors (Lipinski definition) is 4. The molecule has 7 heteroatoms. The van der Waals surface area contributed by atoms with Crippen LogP contribution in [-0.4, -0.2) is 30.4 Å². The molecule has 1 aliphatic rings. The highest BCUT2D eigenvalue weighted by molar-refractivity contribution is 6.33. The molecule has 3 aromatic carbocycles. The number of para-hydroxylation sites is 2. The van der Waals surface area contributed by atoms with Gasteiger partial charge in [-0.3, -0.25) is 14.5 Å². The Morgan fingerprint density at radius 1 is 0.909 bits per heavy atom. The van der Waals surface area contributed by atoms with Gasteiger partial charge >= 0.3 is 5.97 Å². The molecule has 1 atom stereocenters. The molecule has 3 aromatic rings. The topological polar surface area (TPSA) is 75.7 Å². The summed E-state index contributed by atoms with van der Waals surface area (Å²) in [7, 11) is 0. The second-order valence-electron chi connectivity index (χ2n) is 7.77. The smallest absolute Gasteiger partial charge is 0.328 e. The number of rotatable bonds is 5. The quantitative estimate of drug-likeness (QED) is 0.568. The first kappa shape index (κ1) is 22.6. The zero-order valence-corrected chi connectivity index (χ0v) is 18.8. The van der Waals surface area contributed by atoms with Crippen LogP contribution in [0.3, 0.4) is 0 Å². The van der Waals surface area contributed by atoms with Gasteiger partial charge in [-0.2, -0.15) is 0 Å². The van der Waals surface area contributed by atoms with E-state index in [4.69, 9.17) is 16.3 Å². The number of fused-ring (bicyclic) bond motifs is 2. The lowest BCUT2D eigenvalue weighted by atomic mass is 10.0. The molecule has 1 N–H and O–H groups in total. The zero-order valence-electron chi connectivity index (χ0n) is 18.1. The van der Waals surface area contributed by atoms with Gasteiger partial charge in [0.2, 0.25) is 0 Å². The molecule has 0 bridgehead atoms. The predicted molar refractivity (Wildman–Crippen MR) is 127 cm³/mol. The van der Waals surface area contributed by atoms with Crippen LogP contribution in [0, 0.1) is 0 Å². The van der Waals surface area contributed by atoms with Crippen molar-refractivity contribution < 1.29 is 19.1 Å². The number of nitrogens with zero attached hydrogens (tertiary/aromatic N) is 1. The Bertz CT molecular complexity index is 1160. The van der Waals surface area contributed by atoms with Gasteiger partial charge in [0.15, 0.2) is 6.61 Å². The monoisotopic (exact) mass is 462 g/mol. The molecular formula is C26H23ClN2O4. The van der Waals surface area contributed by atoms with E-state index in [1.54, 1.807) is 29.2 Å². The van der Waals surface area contributed by atoms with Gasteiger partial charge in [0.1, 0.15) is 6.04 Å². The number of ether oxygens (including phenoxy) is 1. The average Bonchev–Trinajstić information content (AvgIpc) is 2.99. The maximum Gasteiger partial charge on any atom is 0.328 e. The summed E-state index contributed by atoms with van der Waals surface area (Å²) in [6, 6.07) is 21.0. The molecule has 33 heavy (non-hydrogen) atoms. The van der Waals surface area contributed by atoms with Gasteiger partial charge in [-0.1, -0.05) is 60.1 Å². The molecule has 0 radical (unpaired) electrons. The van der Waals surface area contributed by atoms with Crippen LogP contribution in [0.15, 0.2) is 72.8 Å². The minimum absolute atomic E-state index is 0.257. The number of nitrogens with one attached hydrogen (secondary N) is 1. The first-order valence-corrected chi connectivity index (χ1v) is 11.0. The first-order chi connectivity index (χ1) is 16.0. The van der Waals surface area contributed by atoms with E-state index < -0.39 is 24.5 Å². The average molecular weight is 463 g/mol. The molecule has 0 fully saturated rings. The Labute approximate surface area is 197 Å². The van der Waals surface area contributed by atoms with E-state index in [1.807, 2.05) is 48.5 Å². The lowest BCUT2D eigenvalue weighted by molar-refractivity contribution is -0.149. The number of benzene rings is 3. The van der Waals surface area contributed by atoms with Crippen molar-refractivity contribution in [2.75, 3.05) is 11.5 Å². The molecular weight excluding hydrogens is 440 g/mol. The maximum atomic E-state index is 13.2. The number of anilines is 2. The summed E-state index contributed by atoms with van der Waals surface area (Å²) >= 11 is 6.04. The summed E-state index contributed by atoms with van der Waals surface area (Å²) in [5.41, 5.74) is 3.92. The van der Waals surface area contributed by atoms with E-state index in [-0.39, 0.29) is 16.5 Å². The summed E-state index contributed by atoms with van der Waals surface area (Å²) in [6.07, 6.45) is 1.61. The third-order valence-electron chi connectivity index (χ3n) is 5.54. The molecule has 1 heterocycles. The Hall–Kier alpha value is -3.64. The summed E-state index contributed by atoms with van der Waals surface area (Å²) in [4.78, 5) is 39.7. The van der Waals surface area contributed by atoms with Crippen molar-refractivity contribution in [1.82, 2.24) is 5.32 Å². The SMILES string of the molecule is C[C@H](NC(=O)c1ccccc1Cl)C(=O)OCC(=O)N1c2ccccc2CCc2ccccc21. The molecule has 1 aliphatic heterocycles. The second-order valence-corrected chi connectivity index (χ2v) is 8.18. The summed E-state index contributed by atoms with van der Waals surface area (Å²) in [5.74, 6) is -1.57. The van der Waals surface area contributed by atoms with E-state index in [0.717, 1.165) is 35.3 Å². The van der Waals surface area contributed by atoms with Gasteiger partial charge < -0.3 is 10.1 Å². The highest BCUT2D eigenvalue weighted by atomic mass is 35.5. The number of amides is 2. The van der Waals surface area contributed by atoms with Crippen molar-refractivity contribution >= 4 is 40.8 Å². The summed E-state index contributed by atoms with van der Waals surface area (Å²) in [6.45, 7) is 1.05. The van der Waals surface area contributed by atoms with Crippen molar-refractivity contribution in [3.05, 3.63) is 94.5 Å². The van der Waals surface area contributed by atoms with Crippen molar-refractivity contribution in [2.24, 2.45) is 0 Å². The fraction of sp³-hybridized carbons (Fsp3) is 0.192. The lowest BCUT2D eigenvalue weighted by Gasteiger charge is -2.25. The normalized spacial score (nSPS) is 13.2. The van der Waals surface area contributed by atoms with Crippen molar-refractivity contribution in [2.45, 2.75) is 25.8 Å². The highest BCUT2D eigenvalue weighted by Crippen LogP contribution is 2.36. The maximum absolute atomic E-state index is 13.2. The van der Waals surface area contributed by atoms with E-state index in [1.165, 1.54) is 6.92 Å². The Balaban J connectivity index is 1.46. The van der Waals surface area contributed by atoms with Gasteiger partial charge in [0, 0.05) is 0 Å². The number of aryl methyl sites for hydroxylation is 2. The minimum Gasteiger partial charge on any atom is -0.454 e. The molecule has 0 aromatic heterocycles. The van der Waals surface area contributed by atoms with E-state index in [9.17, 15) is 14.4 Å². The van der Waals surface area contributed by atoms with Crippen LogP contribution in [0.5, 0.6) is 0 Å². The van der Waals surface area contributed by atoms with Gasteiger partial charge in [0.25, 0.3) is 11.8 Å². The van der Waals surface area contributed by atoms with Crippen molar-refractivity contribution in [1.29, 1.82) is 0 Å². The summed E-state index contributed by atoms with van der Waals surface area (Å²) in [5, 5.41) is 2.84. The second kappa shape index (κ2) is 9.88. The standard InChI is InChI=1S/C26H23ClN2O4/c1-17(28-25(31)20-10-4-5-11-21(20)27)26(32)33-16-24(30)29-22-12-6-2-8-18(22)14-15-19-9-3-7-13-23(19)29/h2-13,17H,14-16H2,1H3,(H,28,31)/t17-/m0/s1. The van der Waals surface area contributed by atoms with Gasteiger partial charge in [-0.15, -0.1) is 0 Å². The molecule has 168 valence electrons. The third kappa shape index (κ3) is 4.91. The molecule has 4 rings (SSSR count). The number of carbonyl (C=O) groups excluding carboxylic acids is 3. The fourth-order valence-electron chi connectivity index (χ4n) is 3.85. The Morgan fingerprint density at radius 2 is 1.45 bits per heavy atom. The third-order valence-corrected chi connectivity index (χ3v) is 5.87. The zero-order chi connectivity index (χ0) is 23.4. The molecule has 0 saturated heterocycles. The van der Waals surface area contributed by atoms with Gasteiger partial charge in [0.05, 0.1) is 22.0 Å². The molecule has 0 saturated carbocycles. The van der Waals surface area contributed by atoms with Crippen LogP contribution in [0.1, 0.15) is 28.4 Å². The largest absolute Gasteiger partial charge is 0.454 e. The molecule has 0 aliphatic carbocycles. The molecule has 0 unspecified atom stereocenters. The molecule has 2 amide bonds. The predicted octanol–water partition coefficient (Wildman–Crippen LogP) is 4.47. The van der Waals surface area contributed by atoms with Crippen LogP contribution in [0.2, 0.25) is 5.02 Å². The minimum atomic E-state index is -0.953.